The third kappa shape index (κ3) is 2.77. The highest BCUT2D eigenvalue weighted by atomic mass is 79.9. The highest BCUT2D eigenvalue weighted by molar-refractivity contribution is 9.10. The Kier molecular flexibility index (Phi) is 3.87. The molecule has 0 amide bonds. The van der Waals surface area contributed by atoms with Crippen molar-refractivity contribution in [2.45, 2.75) is 6.61 Å². The summed E-state index contributed by atoms with van der Waals surface area (Å²) in [5.74, 6) is 0.528. The van der Waals surface area contributed by atoms with Crippen LogP contribution in [-0.2, 0) is 6.61 Å². The first-order valence-electron chi connectivity index (χ1n) is 5.75. The van der Waals surface area contributed by atoms with Gasteiger partial charge in [-0.3, -0.25) is 0 Å². The van der Waals surface area contributed by atoms with E-state index >= 15 is 0 Å². The van der Waals surface area contributed by atoms with Crippen molar-refractivity contribution in [1.29, 1.82) is 0 Å². The SMILES string of the molecule is Clc1cc2c(Cl)ccc(COc3cccc(Br)n3)c2o1. The number of aromatic nitrogens is 1. The molecule has 3 nitrogen and oxygen atoms in total. The van der Waals surface area contributed by atoms with Gasteiger partial charge in [-0.15, -0.1) is 0 Å². The molecule has 2 aromatic heterocycles. The zero-order valence-corrected chi connectivity index (χ0v) is 13.2. The molecule has 0 saturated heterocycles. The van der Waals surface area contributed by atoms with Gasteiger partial charge >= 0.3 is 0 Å². The largest absolute Gasteiger partial charge is 0.473 e. The molecule has 0 spiro atoms. The smallest absolute Gasteiger partial charge is 0.214 e. The minimum Gasteiger partial charge on any atom is -0.473 e. The molecule has 0 atom stereocenters. The van der Waals surface area contributed by atoms with Crippen molar-refractivity contribution in [1.82, 2.24) is 4.98 Å². The molecule has 3 rings (SSSR count). The number of fused-ring (bicyclic) bond motifs is 1. The van der Waals surface area contributed by atoms with Gasteiger partial charge < -0.3 is 9.15 Å². The molecule has 0 radical (unpaired) electrons. The molecule has 6 heteroatoms. The molecule has 0 aliphatic rings. The van der Waals surface area contributed by atoms with Gasteiger partial charge in [-0.1, -0.05) is 23.7 Å². The summed E-state index contributed by atoms with van der Waals surface area (Å²) in [6, 6.07) is 10.8. The van der Waals surface area contributed by atoms with Gasteiger partial charge in [0, 0.05) is 23.1 Å². The zero-order valence-electron chi connectivity index (χ0n) is 10.1. The van der Waals surface area contributed by atoms with Crippen molar-refractivity contribution >= 4 is 50.1 Å². The molecule has 0 fully saturated rings. The summed E-state index contributed by atoms with van der Waals surface area (Å²) in [6.07, 6.45) is 0. The summed E-state index contributed by atoms with van der Waals surface area (Å²) in [5, 5.41) is 1.68. The molecule has 0 aliphatic heterocycles. The molecule has 0 unspecified atom stereocenters. The van der Waals surface area contributed by atoms with Crippen molar-refractivity contribution in [2.24, 2.45) is 0 Å². The average Bonchev–Trinajstić information content (AvgIpc) is 2.81. The molecule has 2 heterocycles. The van der Waals surface area contributed by atoms with Crippen molar-refractivity contribution in [2.75, 3.05) is 0 Å². The van der Waals surface area contributed by atoms with Crippen LogP contribution in [0.2, 0.25) is 10.2 Å². The normalized spacial score (nSPS) is 10.9. The van der Waals surface area contributed by atoms with Crippen LogP contribution in [0.15, 0.2) is 45.4 Å². The number of ether oxygens (including phenoxy) is 1. The number of nitrogens with zero attached hydrogens (tertiary/aromatic N) is 1. The Hall–Kier alpha value is -1.23. The van der Waals surface area contributed by atoms with Crippen molar-refractivity contribution in [3.63, 3.8) is 0 Å². The van der Waals surface area contributed by atoms with Gasteiger partial charge in [0.1, 0.15) is 16.8 Å². The number of pyridine rings is 1. The lowest BCUT2D eigenvalue weighted by Gasteiger charge is -2.06. The molecular formula is C14H8BrCl2NO2. The van der Waals surface area contributed by atoms with E-state index in [1.165, 1.54) is 0 Å². The number of rotatable bonds is 3. The molecule has 3 aromatic rings. The maximum absolute atomic E-state index is 6.10. The standard InChI is InChI=1S/C14H8BrCl2NO2/c15-11-2-1-3-13(18-11)19-7-8-4-5-10(16)9-6-12(17)20-14(8)9/h1-6H,7H2. The third-order valence-electron chi connectivity index (χ3n) is 2.75. The quantitative estimate of drug-likeness (QED) is 0.571. The predicted molar refractivity (Wildman–Crippen MR) is 82.5 cm³/mol. The Morgan fingerprint density at radius 1 is 1.20 bits per heavy atom. The lowest BCUT2D eigenvalue weighted by molar-refractivity contribution is 0.293. The van der Waals surface area contributed by atoms with E-state index in [0.717, 1.165) is 15.6 Å². The van der Waals surface area contributed by atoms with Gasteiger partial charge in [0.05, 0.1) is 5.02 Å². The van der Waals surface area contributed by atoms with Crippen LogP contribution in [0.1, 0.15) is 5.56 Å². The average molecular weight is 373 g/mol. The fourth-order valence-corrected chi connectivity index (χ4v) is 2.57. The van der Waals surface area contributed by atoms with E-state index in [9.17, 15) is 0 Å². The van der Waals surface area contributed by atoms with Crippen LogP contribution in [0, 0.1) is 0 Å². The molecular weight excluding hydrogens is 365 g/mol. The van der Waals surface area contributed by atoms with Gasteiger partial charge in [0.15, 0.2) is 5.22 Å². The second kappa shape index (κ2) is 5.64. The zero-order chi connectivity index (χ0) is 14.1. The predicted octanol–water partition coefficient (Wildman–Crippen LogP) is 5.48. The second-order valence-corrected chi connectivity index (χ2v) is 5.68. The minimum atomic E-state index is 0.301. The molecule has 0 aliphatic carbocycles. The Morgan fingerprint density at radius 3 is 2.85 bits per heavy atom. The van der Waals surface area contributed by atoms with Crippen LogP contribution in [0.5, 0.6) is 5.88 Å². The Morgan fingerprint density at radius 2 is 2.05 bits per heavy atom. The maximum atomic E-state index is 6.10. The summed E-state index contributed by atoms with van der Waals surface area (Å²) in [5.41, 5.74) is 1.50. The summed E-state index contributed by atoms with van der Waals surface area (Å²) in [4.78, 5) is 4.20. The van der Waals surface area contributed by atoms with Crippen molar-refractivity contribution < 1.29 is 9.15 Å². The van der Waals surface area contributed by atoms with Crippen LogP contribution in [-0.4, -0.2) is 4.98 Å². The van der Waals surface area contributed by atoms with Gasteiger partial charge in [-0.25, -0.2) is 4.98 Å². The summed E-state index contributed by atoms with van der Waals surface area (Å²) in [6.45, 7) is 0.320. The number of furan rings is 1. The second-order valence-electron chi connectivity index (χ2n) is 4.09. The summed E-state index contributed by atoms with van der Waals surface area (Å²) in [7, 11) is 0. The van der Waals surface area contributed by atoms with E-state index in [-0.39, 0.29) is 0 Å². The fraction of sp³-hybridized carbons (Fsp3) is 0.0714. The summed E-state index contributed by atoms with van der Waals surface area (Å²) >= 11 is 15.3. The van der Waals surface area contributed by atoms with Gasteiger partial charge in [0.25, 0.3) is 0 Å². The number of halogens is 3. The van der Waals surface area contributed by atoms with E-state index in [1.807, 2.05) is 18.2 Å². The highest BCUT2D eigenvalue weighted by Gasteiger charge is 2.11. The maximum Gasteiger partial charge on any atom is 0.214 e. The first-order valence-corrected chi connectivity index (χ1v) is 7.30. The monoisotopic (exact) mass is 371 g/mol. The fourth-order valence-electron chi connectivity index (χ4n) is 1.85. The highest BCUT2D eigenvalue weighted by Crippen LogP contribution is 2.32. The van der Waals surface area contributed by atoms with Gasteiger partial charge in [-0.2, -0.15) is 0 Å². The van der Waals surface area contributed by atoms with E-state index in [0.29, 0.717) is 28.3 Å². The Labute approximate surface area is 133 Å². The topological polar surface area (TPSA) is 35.3 Å². The lowest BCUT2D eigenvalue weighted by atomic mass is 10.1. The molecule has 102 valence electrons. The van der Waals surface area contributed by atoms with Crippen LogP contribution in [0.4, 0.5) is 0 Å². The Balaban J connectivity index is 1.89. The van der Waals surface area contributed by atoms with Crippen LogP contribution >= 0.6 is 39.1 Å². The molecule has 0 N–H and O–H groups in total. The van der Waals surface area contributed by atoms with E-state index < -0.39 is 0 Å². The van der Waals surface area contributed by atoms with E-state index in [4.69, 9.17) is 32.4 Å². The summed E-state index contributed by atoms with van der Waals surface area (Å²) < 4.78 is 11.8. The number of benzene rings is 1. The lowest BCUT2D eigenvalue weighted by Crippen LogP contribution is -1.97. The molecule has 0 bridgehead atoms. The van der Waals surface area contributed by atoms with Crippen LogP contribution in [0.25, 0.3) is 11.0 Å². The van der Waals surface area contributed by atoms with Crippen LogP contribution in [0.3, 0.4) is 0 Å². The van der Waals surface area contributed by atoms with E-state index in [1.54, 1.807) is 18.2 Å². The first kappa shape index (κ1) is 13.7. The molecule has 0 saturated carbocycles. The molecule has 20 heavy (non-hydrogen) atoms. The number of hydrogen-bond donors (Lipinski definition) is 0. The minimum absolute atomic E-state index is 0.301. The van der Waals surface area contributed by atoms with Crippen molar-refractivity contribution in [3.8, 4) is 5.88 Å². The van der Waals surface area contributed by atoms with Crippen LogP contribution < -0.4 is 4.74 Å². The Bertz CT molecular complexity index is 773. The van der Waals surface area contributed by atoms with E-state index in [2.05, 4.69) is 20.9 Å². The first-order chi connectivity index (χ1) is 9.63. The third-order valence-corrected chi connectivity index (χ3v) is 3.70. The van der Waals surface area contributed by atoms with Crippen molar-refractivity contribution in [3.05, 3.63) is 56.8 Å². The van der Waals surface area contributed by atoms with Gasteiger partial charge in [0.2, 0.25) is 5.88 Å². The van der Waals surface area contributed by atoms with Gasteiger partial charge in [-0.05, 0) is 39.7 Å². The molecule has 1 aromatic carbocycles. The number of hydrogen-bond acceptors (Lipinski definition) is 3.